The fraction of sp³-hybridized carbons (Fsp3) is 0.375. The number of nitrogens with two attached hydrogens (primary N) is 1. The second-order valence-corrected chi connectivity index (χ2v) is 5.67. The van der Waals surface area contributed by atoms with Gasteiger partial charge in [-0.25, -0.2) is 4.98 Å². The first-order valence-corrected chi connectivity index (χ1v) is 7.14. The quantitative estimate of drug-likeness (QED) is 0.934. The van der Waals surface area contributed by atoms with Crippen molar-refractivity contribution in [1.29, 1.82) is 0 Å². The molecule has 1 saturated carbocycles. The number of aromatic nitrogens is 2. The van der Waals surface area contributed by atoms with E-state index < -0.39 is 0 Å². The Morgan fingerprint density at radius 2 is 2.00 bits per heavy atom. The van der Waals surface area contributed by atoms with Crippen molar-refractivity contribution in [2.24, 2.45) is 0 Å². The van der Waals surface area contributed by atoms with Crippen molar-refractivity contribution in [3.63, 3.8) is 0 Å². The van der Waals surface area contributed by atoms with Crippen LogP contribution in [0.3, 0.4) is 0 Å². The minimum absolute atomic E-state index is 0.448. The van der Waals surface area contributed by atoms with Gasteiger partial charge in [0.25, 0.3) is 0 Å². The summed E-state index contributed by atoms with van der Waals surface area (Å²) in [5, 5.41) is 0. The summed E-state index contributed by atoms with van der Waals surface area (Å²) >= 11 is 0. The predicted molar refractivity (Wildman–Crippen MR) is 84.0 cm³/mol. The summed E-state index contributed by atoms with van der Waals surface area (Å²) in [7, 11) is 4.00. The fourth-order valence-corrected chi connectivity index (χ4v) is 2.09. The molecule has 0 amide bonds. The average Bonchev–Trinajstić information content (AvgIpc) is 3.28. The van der Waals surface area contributed by atoms with Crippen LogP contribution in [-0.4, -0.2) is 24.1 Å². The molecule has 5 heteroatoms. The fourth-order valence-electron chi connectivity index (χ4n) is 2.09. The molecule has 2 N–H and O–H groups in total. The normalized spacial score (nSPS) is 14.0. The summed E-state index contributed by atoms with van der Waals surface area (Å²) in [6, 6.07) is 7.89. The standard InChI is InChI=1S/C16H20N4O/c1-10-14(17)18-15(11-7-8-11)19-16(10)21-13-6-4-5-12(9-13)20(2)3/h4-6,9,11H,7-8H2,1-3H3,(H2,17,18,19). The van der Waals surface area contributed by atoms with E-state index in [1.165, 1.54) is 0 Å². The number of nitrogen functional groups attached to an aromatic ring is 1. The van der Waals surface area contributed by atoms with Gasteiger partial charge < -0.3 is 15.4 Å². The summed E-state index contributed by atoms with van der Waals surface area (Å²) < 4.78 is 5.94. The zero-order valence-electron chi connectivity index (χ0n) is 12.6. The maximum Gasteiger partial charge on any atom is 0.227 e. The summed E-state index contributed by atoms with van der Waals surface area (Å²) in [5.74, 6) is 3.07. The van der Waals surface area contributed by atoms with E-state index in [0.717, 1.165) is 35.7 Å². The third-order valence-corrected chi connectivity index (χ3v) is 3.65. The maximum absolute atomic E-state index is 5.98. The molecule has 0 unspecified atom stereocenters. The van der Waals surface area contributed by atoms with Crippen molar-refractivity contribution in [2.45, 2.75) is 25.7 Å². The van der Waals surface area contributed by atoms with Crippen molar-refractivity contribution in [3.05, 3.63) is 35.7 Å². The van der Waals surface area contributed by atoms with Crippen LogP contribution < -0.4 is 15.4 Å². The molecule has 1 heterocycles. The van der Waals surface area contributed by atoms with Gasteiger partial charge >= 0.3 is 0 Å². The van der Waals surface area contributed by atoms with E-state index in [9.17, 15) is 0 Å². The number of nitrogens with zero attached hydrogens (tertiary/aromatic N) is 3. The van der Waals surface area contributed by atoms with Gasteiger partial charge in [-0.05, 0) is 31.9 Å². The second-order valence-electron chi connectivity index (χ2n) is 5.67. The van der Waals surface area contributed by atoms with Gasteiger partial charge in [-0.15, -0.1) is 0 Å². The van der Waals surface area contributed by atoms with Crippen LogP contribution >= 0.6 is 0 Å². The molecule has 1 fully saturated rings. The Bertz CT molecular complexity index is 665. The molecule has 0 radical (unpaired) electrons. The number of rotatable bonds is 4. The van der Waals surface area contributed by atoms with Gasteiger partial charge in [0, 0.05) is 31.8 Å². The van der Waals surface area contributed by atoms with Crippen LogP contribution in [-0.2, 0) is 0 Å². The lowest BCUT2D eigenvalue weighted by Crippen LogP contribution is -2.08. The summed E-state index contributed by atoms with van der Waals surface area (Å²) in [4.78, 5) is 10.9. The van der Waals surface area contributed by atoms with Crippen LogP contribution in [0.15, 0.2) is 24.3 Å². The molecule has 0 saturated heterocycles. The Morgan fingerprint density at radius 3 is 2.67 bits per heavy atom. The number of anilines is 2. The molecular formula is C16H20N4O. The number of hydrogen-bond donors (Lipinski definition) is 1. The molecule has 110 valence electrons. The first kappa shape index (κ1) is 13.7. The topological polar surface area (TPSA) is 64.3 Å². The van der Waals surface area contributed by atoms with Gasteiger partial charge in [-0.1, -0.05) is 6.07 Å². The monoisotopic (exact) mass is 284 g/mol. The Hall–Kier alpha value is -2.30. The molecule has 0 atom stereocenters. The average molecular weight is 284 g/mol. The van der Waals surface area contributed by atoms with Gasteiger partial charge in [-0.2, -0.15) is 4.98 Å². The van der Waals surface area contributed by atoms with Crippen LogP contribution in [0.25, 0.3) is 0 Å². The molecule has 1 aromatic heterocycles. The van der Waals surface area contributed by atoms with E-state index in [2.05, 4.69) is 9.97 Å². The van der Waals surface area contributed by atoms with Crippen molar-refractivity contribution >= 4 is 11.5 Å². The Balaban J connectivity index is 1.92. The Morgan fingerprint density at radius 1 is 1.24 bits per heavy atom. The third kappa shape index (κ3) is 2.91. The molecule has 5 nitrogen and oxygen atoms in total. The van der Waals surface area contributed by atoms with E-state index >= 15 is 0 Å². The van der Waals surface area contributed by atoms with Crippen molar-refractivity contribution in [1.82, 2.24) is 9.97 Å². The van der Waals surface area contributed by atoms with E-state index in [0.29, 0.717) is 17.6 Å². The molecule has 0 bridgehead atoms. The Kier molecular flexibility index (Phi) is 3.41. The van der Waals surface area contributed by atoms with Gasteiger partial charge in [-0.3, -0.25) is 0 Å². The summed E-state index contributed by atoms with van der Waals surface area (Å²) in [6.45, 7) is 1.89. The van der Waals surface area contributed by atoms with Crippen LogP contribution in [0.5, 0.6) is 11.6 Å². The van der Waals surface area contributed by atoms with Gasteiger partial charge in [0.05, 0.1) is 5.56 Å². The first-order chi connectivity index (χ1) is 10.0. The zero-order valence-corrected chi connectivity index (χ0v) is 12.6. The molecule has 2 aromatic rings. The molecule has 1 aromatic carbocycles. The molecule has 3 rings (SSSR count). The number of benzene rings is 1. The lowest BCUT2D eigenvalue weighted by Gasteiger charge is -2.15. The van der Waals surface area contributed by atoms with Gasteiger partial charge in [0.15, 0.2) is 0 Å². The number of ether oxygens (including phenoxy) is 1. The van der Waals surface area contributed by atoms with Crippen LogP contribution in [0, 0.1) is 6.92 Å². The molecule has 1 aliphatic rings. The minimum Gasteiger partial charge on any atom is -0.438 e. The highest BCUT2D eigenvalue weighted by Crippen LogP contribution is 2.40. The highest BCUT2D eigenvalue weighted by Gasteiger charge is 2.28. The van der Waals surface area contributed by atoms with Crippen molar-refractivity contribution in [2.75, 3.05) is 24.7 Å². The summed E-state index contributed by atoms with van der Waals surface area (Å²) in [5.41, 5.74) is 7.84. The predicted octanol–water partition coefficient (Wildman–Crippen LogP) is 3.10. The van der Waals surface area contributed by atoms with E-state index in [4.69, 9.17) is 10.5 Å². The van der Waals surface area contributed by atoms with E-state index in [1.54, 1.807) is 0 Å². The van der Waals surface area contributed by atoms with Crippen LogP contribution in [0.1, 0.15) is 30.1 Å². The van der Waals surface area contributed by atoms with Crippen LogP contribution in [0.4, 0.5) is 11.5 Å². The highest BCUT2D eigenvalue weighted by atomic mass is 16.5. The highest BCUT2D eigenvalue weighted by molar-refractivity contribution is 5.51. The largest absolute Gasteiger partial charge is 0.438 e. The third-order valence-electron chi connectivity index (χ3n) is 3.65. The van der Waals surface area contributed by atoms with E-state index in [-0.39, 0.29) is 0 Å². The molecule has 1 aliphatic carbocycles. The maximum atomic E-state index is 5.98. The molecule has 21 heavy (non-hydrogen) atoms. The molecule has 0 spiro atoms. The van der Waals surface area contributed by atoms with Gasteiger partial charge in [0.1, 0.15) is 17.4 Å². The van der Waals surface area contributed by atoms with Crippen LogP contribution in [0.2, 0.25) is 0 Å². The van der Waals surface area contributed by atoms with Gasteiger partial charge in [0.2, 0.25) is 5.88 Å². The summed E-state index contributed by atoms with van der Waals surface area (Å²) in [6.07, 6.45) is 2.27. The minimum atomic E-state index is 0.448. The Labute approximate surface area is 124 Å². The van der Waals surface area contributed by atoms with E-state index in [1.807, 2.05) is 50.2 Å². The lowest BCUT2D eigenvalue weighted by atomic mass is 10.2. The molecule has 0 aliphatic heterocycles. The first-order valence-electron chi connectivity index (χ1n) is 7.14. The van der Waals surface area contributed by atoms with Crippen molar-refractivity contribution in [3.8, 4) is 11.6 Å². The zero-order chi connectivity index (χ0) is 15.0. The molecular weight excluding hydrogens is 264 g/mol. The SMILES string of the molecule is Cc1c(N)nc(C2CC2)nc1Oc1cccc(N(C)C)c1. The second kappa shape index (κ2) is 5.24. The lowest BCUT2D eigenvalue weighted by molar-refractivity contribution is 0.455. The number of hydrogen-bond acceptors (Lipinski definition) is 5. The van der Waals surface area contributed by atoms with Crippen molar-refractivity contribution < 1.29 is 4.74 Å². The smallest absolute Gasteiger partial charge is 0.227 e.